The number of fused-ring (bicyclic) bond motifs is 2. The van der Waals surface area contributed by atoms with Crippen LogP contribution in [0.25, 0.3) is 0 Å². The van der Waals surface area contributed by atoms with Gasteiger partial charge >= 0.3 is 33.1 Å². The molecule has 2 heterocycles. The minimum atomic E-state index is -3.99. The Kier molecular flexibility index (Phi) is 16.8. The summed E-state index contributed by atoms with van der Waals surface area (Å²) >= 11 is 0. The Bertz CT molecular complexity index is 2650. The van der Waals surface area contributed by atoms with Crippen molar-refractivity contribution in [3.8, 4) is 0 Å². The van der Waals surface area contributed by atoms with Crippen LogP contribution < -0.4 is 40.2 Å². The number of carbonyl (C=O) groups is 1. The maximum Gasteiger partial charge on any atom is 1.00 e. The molecule has 0 radical (unpaired) electrons. The molecular weight excluding hydrogens is 841 g/mol. The number of rotatable bonds is 14. The normalized spacial score (nSPS) is 13.6. The van der Waals surface area contributed by atoms with Gasteiger partial charge in [0.2, 0.25) is 0 Å². The smallest absolute Gasteiger partial charge is 0.870 e. The maximum absolute atomic E-state index is 13.2. The van der Waals surface area contributed by atoms with Crippen molar-refractivity contribution >= 4 is 81.9 Å². The van der Waals surface area contributed by atoms with Gasteiger partial charge in [0.15, 0.2) is 9.84 Å². The summed E-state index contributed by atoms with van der Waals surface area (Å²) < 4.78 is 111. The Morgan fingerprint density at radius 1 is 0.712 bits per heavy atom. The largest absolute Gasteiger partial charge is 1.00 e. The minimum Gasteiger partial charge on any atom is -0.870 e. The number of sulfone groups is 3. The molecule has 0 unspecified atom stereocenters. The van der Waals surface area contributed by atoms with Gasteiger partial charge in [-0.15, -0.1) is 0 Å². The molecule has 0 spiro atoms. The van der Waals surface area contributed by atoms with Crippen molar-refractivity contribution in [3.63, 3.8) is 0 Å². The molecule has 59 heavy (non-hydrogen) atoms. The number of nitrogens with one attached hydrogen (secondary N) is 1. The van der Waals surface area contributed by atoms with Crippen LogP contribution in [0.15, 0.2) is 82.6 Å². The third-order valence-corrected chi connectivity index (χ3v) is 14.2. The van der Waals surface area contributed by atoms with Crippen LogP contribution in [0.5, 0.6) is 0 Å². The summed E-state index contributed by atoms with van der Waals surface area (Å²) in [5.74, 6) is -0.758. The first-order chi connectivity index (χ1) is 26.5. The fourth-order valence-corrected chi connectivity index (χ4v) is 10.4. The second-order valence-electron chi connectivity index (χ2n) is 14.1. The van der Waals surface area contributed by atoms with Crippen molar-refractivity contribution in [2.24, 2.45) is 0 Å². The molecule has 23 heteroatoms. The van der Waals surface area contributed by atoms with E-state index in [0.717, 1.165) is 23.6 Å². The van der Waals surface area contributed by atoms with Crippen LogP contribution in [-0.2, 0) is 91.9 Å². The van der Waals surface area contributed by atoms with Gasteiger partial charge in [-0.05, 0) is 100 Å². The number of hydrogen-bond donors (Lipinski definition) is 4. The summed E-state index contributed by atoms with van der Waals surface area (Å²) in [4.78, 5) is 11.4. The van der Waals surface area contributed by atoms with Crippen LogP contribution in [0.2, 0.25) is 0 Å². The van der Waals surface area contributed by atoms with E-state index in [1.807, 2.05) is 0 Å². The fraction of sp³-hybridized carbons (Fsp3) is 0.306. The summed E-state index contributed by atoms with van der Waals surface area (Å²) in [7, 11) is -16.5. The molecule has 0 saturated heterocycles. The Labute approximate surface area is 357 Å². The first kappa shape index (κ1) is 49.8. The summed E-state index contributed by atoms with van der Waals surface area (Å²) in [6.45, 7) is 1.97. The number of ketones is 1. The van der Waals surface area contributed by atoms with Gasteiger partial charge in [0.05, 0.1) is 40.3 Å². The van der Waals surface area contributed by atoms with Gasteiger partial charge in [0.1, 0.15) is 25.5 Å². The number of anilines is 2. The summed E-state index contributed by atoms with van der Waals surface area (Å²) in [5.41, 5.74) is 10.8. The second kappa shape index (κ2) is 19.9. The zero-order valence-electron chi connectivity index (χ0n) is 32.8. The first-order valence-corrected chi connectivity index (χ1v) is 24.7. The first-order valence-electron chi connectivity index (χ1n) is 17.4. The molecule has 0 saturated carbocycles. The number of benzene rings is 4. The third kappa shape index (κ3) is 13.7. The van der Waals surface area contributed by atoms with E-state index >= 15 is 0 Å². The number of carbonyl (C=O) groups excluding carboxylic acids is 1. The average Bonchev–Trinajstić information content (AvgIpc) is 3.66. The van der Waals surface area contributed by atoms with E-state index in [9.17, 15) is 48.5 Å². The van der Waals surface area contributed by atoms with Crippen molar-refractivity contribution < 1.29 is 82.2 Å². The summed E-state index contributed by atoms with van der Waals surface area (Å²) in [6, 6.07) is 18.7. The van der Waals surface area contributed by atoms with Crippen molar-refractivity contribution in [1.82, 2.24) is 0 Å². The van der Waals surface area contributed by atoms with E-state index < -0.39 is 53.8 Å². The van der Waals surface area contributed by atoms with Crippen molar-refractivity contribution in [1.29, 1.82) is 0 Å². The van der Waals surface area contributed by atoms with Crippen LogP contribution in [0.3, 0.4) is 0 Å². The fourth-order valence-electron chi connectivity index (χ4n) is 6.32. The molecule has 4 aromatic rings. The molecular formula is C36H43B2LiN2O14S4. The Morgan fingerprint density at radius 2 is 1.22 bits per heavy atom. The molecule has 0 atom stereocenters. The van der Waals surface area contributed by atoms with E-state index in [1.54, 1.807) is 42.5 Å². The van der Waals surface area contributed by atoms with Crippen LogP contribution in [0, 0.1) is 0 Å². The van der Waals surface area contributed by atoms with Gasteiger partial charge in [-0.3, -0.25) is 9.52 Å². The molecule has 0 bridgehead atoms. The molecule has 312 valence electrons. The maximum atomic E-state index is 13.2. The van der Waals surface area contributed by atoms with Crippen molar-refractivity contribution in [3.05, 3.63) is 106 Å². The predicted octanol–water partition coefficient (Wildman–Crippen LogP) is -2.70. The minimum absolute atomic E-state index is 0. The van der Waals surface area contributed by atoms with E-state index in [0.29, 0.717) is 38.9 Å². The Hall–Kier alpha value is -3.52. The summed E-state index contributed by atoms with van der Waals surface area (Å²) in [6.07, 6.45) is 2.39. The number of sulfonamides is 1. The standard InChI is InChI=1S/C20H23BO7S2.C16H19BN2O6S2.Li.H2O/c1-14(22)9-15-4-6-20(17(10-15)7-8-29(2,24)25)30(26,27)13-16-3-5-18-12-28-21(23)19(18)11-16;1-26(21,22)7-6-11-8-13(18)3-5-16(11)27(23,24)19-14-4-2-12-10-25-17(20)15(12)9-14;;/h3-6,10-11,23H,7-9,12-13H2,1-2H3;2-5,8-9,19-20H,6-7,10,18H2,1H3;;1H2/q;;+1;/p-1. The van der Waals surface area contributed by atoms with Crippen LogP contribution in [0.1, 0.15) is 40.3 Å². The van der Waals surface area contributed by atoms with Gasteiger partial charge in [-0.1, -0.05) is 36.4 Å². The van der Waals surface area contributed by atoms with E-state index in [1.165, 1.54) is 37.3 Å². The van der Waals surface area contributed by atoms with Gasteiger partial charge < -0.3 is 30.6 Å². The molecule has 0 aromatic heterocycles. The molecule has 6 N–H and O–H groups in total. The topological polar surface area (TPSA) is 281 Å². The Morgan fingerprint density at radius 3 is 1.78 bits per heavy atom. The molecule has 0 fully saturated rings. The molecule has 4 aromatic carbocycles. The molecule has 6 rings (SSSR count). The molecule has 16 nitrogen and oxygen atoms in total. The second-order valence-corrected chi connectivity index (χ2v) is 22.2. The predicted molar refractivity (Wildman–Crippen MR) is 220 cm³/mol. The molecule has 0 aliphatic carbocycles. The van der Waals surface area contributed by atoms with Crippen LogP contribution >= 0.6 is 0 Å². The van der Waals surface area contributed by atoms with Gasteiger partial charge in [-0.25, -0.2) is 33.7 Å². The quantitative estimate of drug-likeness (QED) is 0.0741. The summed E-state index contributed by atoms with van der Waals surface area (Å²) in [5, 5.41) is 19.6. The zero-order valence-corrected chi connectivity index (χ0v) is 36.0. The number of hydrogen-bond acceptors (Lipinski definition) is 15. The third-order valence-electron chi connectivity index (χ3n) is 9.06. The van der Waals surface area contributed by atoms with Crippen molar-refractivity contribution in [2.75, 3.05) is 34.5 Å². The molecule has 0 amide bonds. The van der Waals surface area contributed by atoms with Gasteiger partial charge in [0.25, 0.3) is 10.0 Å². The van der Waals surface area contributed by atoms with Crippen LogP contribution in [0.4, 0.5) is 11.4 Å². The Balaban J connectivity index is 0.000000306. The van der Waals surface area contributed by atoms with Gasteiger partial charge in [0, 0.05) is 30.3 Å². The number of nitrogens with two attached hydrogens (primary N) is 1. The van der Waals surface area contributed by atoms with E-state index in [4.69, 9.17) is 15.0 Å². The van der Waals surface area contributed by atoms with E-state index in [2.05, 4.69) is 4.72 Å². The van der Waals surface area contributed by atoms with Crippen LogP contribution in [-0.4, -0.2) is 93.2 Å². The molecule has 2 aliphatic rings. The number of Topliss-reactive ketones (excluding diaryl/α,β-unsaturated/α-hetero) is 1. The molecule has 2 aliphatic heterocycles. The average molecular weight is 885 g/mol. The SMILES string of the molecule is CC(=O)Cc1ccc(S(=O)(=O)Cc2ccc3c(c2)B(O)OC3)c(CCS(C)(=O)=O)c1.CS(=O)(=O)CCc1cc(N)ccc1S(=O)(=O)Nc1ccc2c(c1)B(O)OC2.[Li+].[OH-]. The number of aryl methyl sites for hydroxylation is 2. The van der Waals surface area contributed by atoms with Gasteiger partial charge in [-0.2, -0.15) is 0 Å². The number of nitrogen functional groups attached to an aromatic ring is 1. The zero-order chi connectivity index (χ0) is 41.9. The van der Waals surface area contributed by atoms with Crippen molar-refractivity contribution in [2.45, 2.75) is 54.9 Å². The van der Waals surface area contributed by atoms with E-state index in [-0.39, 0.29) is 95.3 Å². The monoisotopic (exact) mass is 884 g/mol.